The van der Waals surface area contributed by atoms with Crippen molar-refractivity contribution in [2.75, 3.05) is 5.43 Å². The number of nitrogen functional groups attached to an aromatic ring is 1. The predicted molar refractivity (Wildman–Crippen MR) is 77.3 cm³/mol. The van der Waals surface area contributed by atoms with Crippen molar-refractivity contribution >= 4 is 17.3 Å². The Morgan fingerprint density at radius 2 is 2.10 bits per heavy atom. The van der Waals surface area contributed by atoms with E-state index in [0.29, 0.717) is 0 Å². The summed E-state index contributed by atoms with van der Waals surface area (Å²) in [6.45, 7) is 5.91. The minimum Gasteiger partial charge on any atom is -0.349 e. The van der Waals surface area contributed by atoms with E-state index in [2.05, 4.69) is 10.7 Å². The van der Waals surface area contributed by atoms with E-state index >= 15 is 0 Å². The van der Waals surface area contributed by atoms with Crippen LogP contribution in [-0.4, -0.2) is 16.9 Å². The Morgan fingerprint density at radius 3 is 2.60 bits per heavy atom. The summed E-state index contributed by atoms with van der Waals surface area (Å²) < 4.78 is 0. The molecule has 0 saturated heterocycles. The number of carbonyl (C=O) groups is 1. The van der Waals surface area contributed by atoms with E-state index in [1.807, 2.05) is 20.8 Å². The van der Waals surface area contributed by atoms with Crippen molar-refractivity contribution in [3.05, 3.63) is 33.9 Å². The third-order valence-electron chi connectivity index (χ3n) is 3.47. The van der Waals surface area contributed by atoms with Gasteiger partial charge in [-0.25, -0.2) is 0 Å². The van der Waals surface area contributed by atoms with Crippen molar-refractivity contribution in [3.63, 3.8) is 0 Å². The van der Waals surface area contributed by atoms with E-state index < -0.39 is 10.8 Å². The van der Waals surface area contributed by atoms with Gasteiger partial charge in [-0.15, -0.1) is 0 Å². The second kappa shape index (κ2) is 6.85. The van der Waals surface area contributed by atoms with Gasteiger partial charge in [0.05, 0.1) is 4.92 Å². The van der Waals surface area contributed by atoms with Crippen LogP contribution in [0.5, 0.6) is 0 Å². The second-order valence-corrected chi connectivity index (χ2v) is 4.75. The lowest BCUT2D eigenvalue weighted by Gasteiger charge is -2.20. The Kier molecular flexibility index (Phi) is 5.45. The number of carbonyl (C=O) groups excluding carboxylic acids is 1. The number of nitrogens with two attached hydrogens (primary N) is 1. The van der Waals surface area contributed by atoms with Crippen molar-refractivity contribution < 1.29 is 9.72 Å². The molecule has 0 aliphatic heterocycles. The van der Waals surface area contributed by atoms with Gasteiger partial charge in [-0.05, 0) is 25.0 Å². The van der Waals surface area contributed by atoms with Crippen molar-refractivity contribution in [2.45, 2.75) is 33.2 Å². The minimum atomic E-state index is -0.613. The molecule has 0 aliphatic rings. The number of anilines is 1. The highest BCUT2D eigenvalue weighted by Gasteiger charge is 2.25. The number of rotatable bonds is 6. The zero-order valence-corrected chi connectivity index (χ0v) is 11.8. The van der Waals surface area contributed by atoms with E-state index in [1.54, 1.807) is 6.07 Å². The first kappa shape index (κ1) is 15.9. The van der Waals surface area contributed by atoms with Gasteiger partial charge in [0.15, 0.2) is 0 Å². The second-order valence-electron chi connectivity index (χ2n) is 4.75. The molecule has 0 bridgehead atoms. The molecule has 1 amide bonds. The number of nitro groups is 1. The third-order valence-corrected chi connectivity index (χ3v) is 3.47. The normalized spacial score (nSPS) is 13.4. The van der Waals surface area contributed by atoms with Gasteiger partial charge in [0.2, 0.25) is 0 Å². The molecule has 4 N–H and O–H groups in total. The highest BCUT2D eigenvalue weighted by molar-refractivity contribution is 6.00. The number of benzene rings is 1. The van der Waals surface area contributed by atoms with Crippen LogP contribution in [0, 0.1) is 16.0 Å². The van der Waals surface area contributed by atoms with Gasteiger partial charge in [-0.2, -0.15) is 0 Å². The summed E-state index contributed by atoms with van der Waals surface area (Å²) in [6, 6.07) is 4.34. The number of para-hydroxylation sites is 1. The summed E-state index contributed by atoms with van der Waals surface area (Å²) >= 11 is 0. The Hall–Kier alpha value is -2.15. The average Bonchev–Trinajstić information content (AvgIpc) is 2.44. The van der Waals surface area contributed by atoms with Crippen molar-refractivity contribution in [3.8, 4) is 0 Å². The van der Waals surface area contributed by atoms with Crippen LogP contribution in [-0.2, 0) is 0 Å². The molecule has 20 heavy (non-hydrogen) atoms. The fourth-order valence-corrected chi connectivity index (χ4v) is 1.82. The molecule has 2 atom stereocenters. The zero-order chi connectivity index (χ0) is 15.3. The van der Waals surface area contributed by atoms with Gasteiger partial charge >= 0.3 is 5.69 Å². The summed E-state index contributed by atoms with van der Waals surface area (Å²) in [7, 11) is 0. The Labute approximate surface area is 117 Å². The van der Waals surface area contributed by atoms with E-state index in [1.165, 1.54) is 12.1 Å². The van der Waals surface area contributed by atoms with E-state index in [0.717, 1.165) is 6.42 Å². The lowest BCUT2D eigenvalue weighted by atomic mass is 10.0. The van der Waals surface area contributed by atoms with Gasteiger partial charge < -0.3 is 10.7 Å². The van der Waals surface area contributed by atoms with E-state index in [4.69, 9.17) is 5.84 Å². The highest BCUT2D eigenvalue weighted by Crippen LogP contribution is 2.28. The molecular formula is C13H20N4O3. The topological polar surface area (TPSA) is 110 Å². The number of hydrogen-bond donors (Lipinski definition) is 3. The number of nitrogens with one attached hydrogen (secondary N) is 2. The molecule has 1 aromatic carbocycles. The Morgan fingerprint density at radius 1 is 1.45 bits per heavy atom. The number of amides is 1. The van der Waals surface area contributed by atoms with Gasteiger partial charge in [0.1, 0.15) is 11.3 Å². The van der Waals surface area contributed by atoms with Gasteiger partial charge in [-0.1, -0.05) is 26.3 Å². The molecule has 0 heterocycles. The molecular weight excluding hydrogens is 260 g/mol. The predicted octanol–water partition coefficient (Wildman–Crippen LogP) is 2.04. The molecule has 2 unspecified atom stereocenters. The van der Waals surface area contributed by atoms with Crippen molar-refractivity contribution in [1.82, 2.24) is 5.32 Å². The molecule has 1 aromatic rings. The molecule has 1 rings (SSSR count). The summed E-state index contributed by atoms with van der Waals surface area (Å²) in [6.07, 6.45) is 0.911. The first-order chi connectivity index (χ1) is 9.42. The van der Waals surface area contributed by atoms with Crippen LogP contribution in [0.15, 0.2) is 18.2 Å². The molecule has 0 aromatic heterocycles. The van der Waals surface area contributed by atoms with Gasteiger partial charge in [0.25, 0.3) is 5.91 Å². The molecule has 7 nitrogen and oxygen atoms in total. The largest absolute Gasteiger partial charge is 0.349 e. The van der Waals surface area contributed by atoms with Gasteiger partial charge in [0, 0.05) is 6.04 Å². The van der Waals surface area contributed by atoms with Crippen LogP contribution in [0.2, 0.25) is 0 Å². The Bertz CT molecular complexity index is 504. The lowest BCUT2D eigenvalue weighted by Crippen LogP contribution is -2.37. The van der Waals surface area contributed by atoms with Crippen LogP contribution >= 0.6 is 0 Å². The third kappa shape index (κ3) is 3.45. The number of hydrogen-bond acceptors (Lipinski definition) is 5. The van der Waals surface area contributed by atoms with Crippen LogP contribution in [0.1, 0.15) is 37.6 Å². The zero-order valence-electron chi connectivity index (χ0n) is 11.8. The molecule has 0 fully saturated rings. The number of nitro benzene ring substituents is 1. The lowest BCUT2D eigenvalue weighted by molar-refractivity contribution is -0.384. The molecule has 0 radical (unpaired) electrons. The maximum atomic E-state index is 12.2. The SMILES string of the molecule is CCC(C)C(C)NC(=O)c1cccc(NN)c1[N+](=O)[O-]. The fraction of sp³-hybridized carbons (Fsp3) is 0.462. The molecule has 0 spiro atoms. The van der Waals surface area contributed by atoms with Gasteiger partial charge in [-0.3, -0.25) is 20.8 Å². The Balaban J connectivity index is 3.07. The van der Waals surface area contributed by atoms with Crippen molar-refractivity contribution in [1.29, 1.82) is 0 Å². The smallest absolute Gasteiger partial charge is 0.306 e. The van der Waals surface area contributed by atoms with E-state index in [-0.39, 0.29) is 28.9 Å². The summed E-state index contributed by atoms with van der Waals surface area (Å²) in [5.74, 6) is 5.06. The van der Waals surface area contributed by atoms with Crippen LogP contribution < -0.4 is 16.6 Å². The van der Waals surface area contributed by atoms with Crippen LogP contribution in [0.4, 0.5) is 11.4 Å². The number of nitrogens with zero attached hydrogens (tertiary/aromatic N) is 1. The van der Waals surface area contributed by atoms with Crippen molar-refractivity contribution in [2.24, 2.45) is 11.8 Å². The minimum absolute atomic E-state index is 0.000558. The van der Waals surface area contributed by atoms with Crippen LogP contribution in [0.25, 0.3) is 0 Å². The first-order valence-corrected chi connectivity index (χ1v) is 6.47. The molecule has 7 heteroatoms. The summed E-state index contributed by atoms with van der Waals surface area (Å²) in [4.78, 5) is 22.7. The van der Waals surface area contributed by atoms with Crippen LogP contribution in [0.3, 0.4) is 0 Å². The molecule has 110 valence electrons. The molecule has 0 saturated carbocycles. The monoisotopic (exact) mass is 280 g/mol. The number of hydrazine groups is 1. The first-order valence-electron chi connectivity index (χ1n) is 6.47. The summed E-state index contributed by atoms with van der Waals surface area (Å²) in [5, 5.41) is 13.9. The maximum absolute atomic E-state index is 12.2. The maximum Gasteiger partial charge on any atom is 0.306 e. The van der Waals surface area contributed by atoms with E-state index in [9.17, 15) is 14.9 Å². The average molecular weight is 280 g/mol. The quantitative estimate of drug-likeness (QED) is 0.419. The highest BCUT2D eigenvalue weighted by atomic mass is 16.6. The standard InChI is InChI=1S/C13H20N4O3/c1-4-8(2)9(3)15-13(18)10-6-5-7-11(16-14)12(10)17(19)20/h5-9,16H,4,14H2,1-3H3,(H,15,18). The fourth-order valence-electron chi connectivity index (χ4n) is 1.82. The summed E-state index contributed by atoms with van der Waals surface area (Å²) in [5.41, 5.74) is 2.03. The molecule has 0 aliphatic carbocycles.